The van der Waals surface area contributed by atoms with Crippen molar-refractivity contribution in [1.29, 1.82) is 0 Å². The average Bonchev–Trinajstić information content (AvgIpc) is 2.53. The molecule has 3 N–H and O–H groups in total. The van der Waals surface area contributed by atoms with E-state index in [2.05, 4.69) is 29.1 Å². The first-order valence-corrected chi connectivity index (χ1v) is 8.94. The number of hydrogen-bond acceptors (Lipinski definition) is 3. The van der Waals surface area contributed by atoms with E-state index in [9.17, 15) is 9.59 Å². The molecule has 134 valence electrons. The van der Waals surface area contributed by atoms with Crippen molar-refractivity contribution in [2.75, 3.05) is 0 Å². The predicted molar refractivity (Wildman–Crippen MR) is 102 cm³/mol. The summed E-state index contributed by atoms with van der Waals surface area (Å²) in [6.45, 7) is 6.07. The van der Waals surface area contributed by atoms with E-state index >= 15 is 0 Å². The first-order chi connectivity index (χ1) is 11.9. The highest BCUT2D eigenvalue weighted by Gasteiger charge is 2.16. The van der Waals surface area contributed by atoms with Crippen molar-refractivity contribution < 1.29 is 4.79 Å². The van der Waals surface area contributed by atoms with Crippen LogP contribution in [0.3, 0.4) is 0 Å². The van der Waals surface area contributed by atoms with Gasteiger partial charge in [0.05, 0.1) is 6.04 Å². The Morgan fingerprint density at radius 3 is 2.48 bits per heavy atom. The summed E-state index contributed by atoms with van der Waals surface area (Å²) in [5.41, 5.74) is 2.16. The number of hydrogen-bond donors (Lipinski definition) is 3. The molecule has 1 aromatic carbocycles. The van der Waals surface area contributed by atoms with Gasteiger partial charge in [0, 0.05) is 17.7 Å². The highest BCUT2D eigenvalue weighted by atomic mass is 32.1. The van der Waals surface area contributed by atoms with E-state index in [1.807, 2.05) is 30.3 Å². The SMILES string of the molecule is Cc1[nH]c(=S)[nH]c(=O)c1CCC(=O)N[C@@H](CC(C)C)c1ccccc1. The zero-order valence-electron chi connectivity index (χ0n) is 14.9. The van der Waals surface area contributed by atoms with Crippen molar-refractivity contribution in [3.63, 3.8) is 0 Å². The monoisotopic (exact) mass is 359 g/mol. The van der Waals surface area contributed by atoms with Crippen LogP contribution in [0.5, 0.6) is 0 Å². The normalized spacial score (nSPS) is 12.2. The van der Waals surface area contributed by atoms with E-state index in [1.54, 1.807) is 6.92 Å². The average molecular weight is 359 g/mol. The number of amides is 1. The van der Waals surface area contributed by atoms with Gasteiger partial charge in [-0.15, -0.1) is 0 Å². The molecule has 0 fully saturated rings. The summed E-state index contributed by atoms with van der Waals surface area (Å²) >= 11 is 4.94. The van der Waals surface area contributed by atoms with Gasteiger partial charge in [0.15, 0.2) is 4.77 Å². The van der Waals surface area contributed by atoms with Crippen LogP contribution in [-0.4, -0.2) is 15.9 Å². The van der Waals surface area contributed by atoms with Gasteiger partial charge in [0.25, 0.3) is 5.56 Å². The van der Waals surface area contributed by atoms with Crippen molar-refractivity contribution in [2.45, 2.75) is 46.1 Å². The number of aromatic nitrogens is 2. The first-order valence-electron chi connectivity index (χ1n) is 8.53. The topological polar surface area (TPSA) is 77.8 Å². The largest absolute Gasteiger partial charge is 0.349 e. The Bertz CT molecular complexity index is 825. The molecular formula is C19H25N3O2S. The van der Waals surface area contributed by atoms with Gasteiger partial charge in [-0.2, -0.15) is 0 Å². The summed E-state index contributed by atoms with van der Waals surface area (Å²) < 4.78 is 0.303. The highest BCUT2D eigenvalue weighted by Crippen LogP contribution is 2.21. The molecule has 0 aliphatic rings. The molecule has 0 unspecified atom stereocenters. The van der Waals surface area contributed by atoms with Crippen LogP contribution in [0, 0.1) is 17.6 Å². The molecule has 0 saturated carbocycles. The summed E-state index contributed by atoms with van der Waals surface area (Å²) in [4.78, 5) is 29.9. The van der Waals surface area contributed by atoms with Crippen LogP contribution in [0.2, 0.25) is 0 Å². The smallest absolute Gasteiger partial charge is 0.255 e. The van der Waals surface area contributed by atoms with Gasteiger partial charge < -0.3 is 10.3 Å². The Labute approximate surface area is 152 Å². The summed E-state index contributed by atoms with van der Waals surface area (Å²) in [7, 11) is 0. The van der Waals surface area contributed by atoms with Gasteiger partial charge in [-0.05, 0) is 43.5 Å². The third-order valence-corrected chi connectivity index (χ3v) is 4.31. The van der Waals surface area contributed by atoms with Gasteiger partial charge in [-0.3, -0.25) is 14.6 Å². The zero-order chi connectivity index (χ0) is 18.4. The summed E-state index contributed by atoms with van der Waals surface area (Å²) in [5, 5.41) is 3.10. The van der Waals surface area contributed by atoms with E-state index in [4.69, 9.17) is 12.2 Å². The maximum absolute atomic E-state index is 12.4. The lowest BCUT2D eigenvalue weighted by Crippen LogP contribution is -2.30. The zero-order valence-corrected chi connectivity index (χ0v) is 15.7. The number of carbonyl (C=O) groups is 1. The highest BCUT2D eigenvalue weighted by molar-refractivity contribution is 7.71. The van der Waals surface area contributed by atoms with Crippen molar-refractivity contribution in [3.8, 4) is 0 Å². The lowest BCUT2D eigenvalue weighted by Gasteiger charge is -2.21. The van der Waals surface area contributed by atoms with Crippen molar-refractivity contribution in [2.24, 2.45) is 5.92 Å². The molecule has 0 bridgehead atoms. The molecule has 0 aliphatic heterocycles. The predicted octanol–water partition coefficient (Wildman–Crippen LogP) is 3.58. The second-order valence-electron chi connectivity index (χ2n) is 6.67. The minimum atomic E-state index is -0.226. The number of H-pyrrole nitrogens is 2. The molecule has 1 aromatic heterocycles. The molecular weight excluding hydrogens is 334 g/mol. The molecule has 0 spiro atoms. The quantitative estimate of drug-likeness (QED) is 0.661. The van der Waals surface area contributed by atoms with Crippen molar-refractivity contribution in [1.82, 2.24) is 15.3 Å². The van der Waals surface area contributed by atoms with Crippen molar-refractivity contribution >= 4 is 18.1 Å². The van der Waals surface area contributed by atoms with Crippen LogP contribution >= 0.6 is 12.2 Å². The fraction of sp³-hybridized carbons (Fsp3) is 0.421. The molecule has 0 saturated heterocycles. The van der Waals surface area contributed by atoms with Crippen LogP contribution in [0.25, 0.3) is 0 Å². The van der Waals surface area contributed by atoms with Crippen LogP contribution in [0.1, 0.15) is 49.6 Å². The molecule has 0 radical (unpaired) electrons. The first kappa shape index (κ1) is 19.1. The number of benzene rings is 1. The maximum atomic E-state index is 12.4. The molecule has 25 heavy (non-hydrogen) atoms. The minimum absolute atomic E-state index is 0.0188. The standard InChI is InChI=1S/C19H25N3O2S/c1-12(2)11-16(14-7-5-4-6-8-14)21-17(23)10-9-15-13(3)20-19(25)22-18(15)24/h4-8,12,16H,9-11H2,1-3H3,(H,21,23)(H2,20,22,24,25)/t16-/m0/s1. The fourth-order valence-corrected chi connectivity index (χ4v) is 3.11. The Morgan fingerprint density at radius 1 is 1.20 bits per heavy atom. The number of carbonyl (C=O) groups excluding carboxylic acids is 1. The number of rotatable bonds is 7. The maximum Gasteiger partial charge on any atom is 0.255 e. The lowest BCUT2D eigenvalue weighted by molar-refractivity contribution is -0.121. The molecule has 5 nitrogen and oxygen atoms in total. The van der Waals surface area contributed by atoms with E-state index in [1.165, 1.54) is 0 Å². The lowest BCUT2D eigenvalue weighted by atomic mass is 9.96. The van der Waals surface area contributed by atoms with Gasteiger partial charge in [-0.25, -0.2) is 0 Å². The number of aromatic amines is 2. The molecule has 0 aliphatic carbocycles. The molecule has 1 atom stereocenters. The van der Waals surface area contributed by atoms with Gasteiger partial charge in [0.1, 0.15) is 0 Å². The number of aryl methyl sites for hydroxylation is 1. The van der Waals surface area contributed by atoms with Gasteiger partial charge >= 0.3 is 0 Å². The van der Waals surface area contributed by atoms with E-state index in [0.29, 0.717) is 28.4 Å². The molecule has 2 rings (SSSR count). The Balaban J connectivity index is 2.04. The third kappa shape index (κ3) is 5.67. The molecule has 6 heteroatoms. The van der Waals surface area contributed by atoms with E-state index < -0.39 is 0 Å². The Morgan fingerprint density at radius 2 is 1.88 bits per heavy atom. The van der Waals surface area contributed by atoms with Crippen LogP contribution in [0.4, 0.5) is 0 Å². The van der Waals surface area contributed by atoms with E-state index in [-0.39, 0.29) is 23.9 Å². The van der Waals surface area contributed by atoms with Crippen LogP contribution < -0.4 is 10.9 Å². The number of nitrogens with one attached hydrogen (secondary N) is 3. The van der Waals surface area contributed by atoms with Crippen molar-refractivity contribution in [3.05, 3.63) is 62.3 Å². The summed E-state index contributed by atoms with van der Waals surface area (Å²) in [6, 6.07) is 9.95. The Kier molecular flexibility index (Phi) is 6.70. The molecule has 2 aromatic rings. The summed E-state index contributed by atoms with van der Waals surface area (Å²) in [5.74, 6) is 0.403. The minimum Gasteiger partial charge on any atom is -0.349 e. The third-order valence-electron chi connectivity index (χ3n) is 4.10. The van der Waals surface area contributed by atoms with Gasteiger partial charge in [-0.1, -0.05) is 44.2 Å². The molecule has 1 amide bonds. The van der Waals surface area contributed by atoms with Gasteiger partial charge in [0.2, 0.25) is 5.91 Å². The molecule has 1 heterocycles. The second-order valence-corrected chi connectivity index (χ2v) is 7.08. The Hall–Kier alpha value is -2.21. The summed E-state index contributed by atoms with van der Waals surface area (Å²) in [6.07, 6.45) is 1.51. The van der Waals surface area contributed by atoms with Crippen LogP contribution in [0.15, 0.2) is 35.1 Å². The van der Waals surface area contributed by atoms with Crippen LogP contribution in [-0.2, 0) is 11.2 Å². The van der Waals surface area contributed by atoms with E-state index in [0.717, 1.165) is 12.0 Å². The fourth-order valence-electron chi connectivity index (χ4n) is 2.87. The second kappa shape index (κ2) is 8.76.